The Morgan fingerprint density at radius 2 is 1.89 bits per heavy atom. The molecule has 6 nitrogen and oxygen atoms in total. The molecule has 2 N–H and O–H groups in total. The number of benzene rings is 1. The van der Waals surface area contributed by atoms with Crippen LogP contribution in [0.3, 0.4) is 0 Å². The van der Waals surface area contributed by atoms with Gasteiger partial charge in [-0.3, -0.25) is 14.4 Å². The summed E-state index contributed by atoms with van der Waals surface area (Å²) in [6, 6.07) is 6.56. The van der Waals surface area contributed by atoms with Crippen LogP contribution in [0.15, 0.2) is 24.3 Å². The van der Waals surface area contributed by atoms with E-state index in [0.29, 0.717) is 5.56 Å². The van der Waals surface area contributed by atoms with Gasteiger partial charge in [-0.15, -0.1) is 11.8 Å². The van der Waals surface area contributed by atoms with Gasteiger partial charge in [0.1, 0.15) is 17.5 Å². The maximum absolute atomic E-state index is 13.3. The zero-order chi connectivity index (χ0) is 20.2. The molecule has 4 rings (SSSR count). The molecule has 1 aromatic carbocycles. The van der Waals surface area contributed by atoms with Gasteiger partial charge < -0.3 is 15.5 Å². The van der Waals surface area contributed by atoms with E-state index in [0.717, 1.165) is 18.4 Å². The molecule has 0 spiro atoms. The molecule has 150 valence electrons. The van der Waals surface area contributed by atoms with Crippen molar-refractivity contribution in [1.29, 1.82) is 0 Å². The lowest BCUT2D eigenvalue weighted by Crippen LogP contribution is -2.58. The van der Waals surface area contributed by atoms with Gasteiger partial charge in [-0.25, -0.2) is 0 Å². The van der Waals surface area contributed by atoms with Gasteiger partial charge in [0, 0.05) is 16.4 Å². The van der Waals surface area contributed by atoms with E-state index in [1.807, 2.05) is 52.0 Å². The van der Waals surface area contributed by atoms with Crippen LogP contribution in [0.1, 0.15) is 61.8 Å². The Balaban J connectivity index is 1.57. The monoisotopic (exact) mass is 401 g/mol. The molecule has 1 aliphatic carbocycles. The van der Waals surface area contributed by atoms with Gasteiger partial charge in [0.25, 0.3) is 5.91 Å². The fourth-order valence-electron chi connectivity index (χ4n) is 4.09. The summed E-state index contributed by atoms with van der Waals surface area (Å²) < 4.78 is -0.452. The van der Waals surface area contributed by atoms with Gasteiger partial charge in [0.15, 0.2) is 0 Å². The van der Waals surface area contributed by atoms with Crippen LogP contribution in [0, 0.1) is 5.92 Å². The van der Waals surface area contributed by atoms with Crippen LogP contribution < -0.4 is 10.6 Å². The number of nitrogens with one attached hydrogen (secondary N) is 2. The van der Waals surface area contributed by atoms with Crippen LogP contribution in [-0.4, -0.2) is 45.5 Å². The average molecular weight is 402 g/mol. The Labute approximate surface area is 169 Å². The molecule has 2 heterocycles. The van der Waals surface area contributed by atoms with Crippen molar-refractivity contribution in [3.63, 3.8) is 0 Å². The number of carbonyl (C=O) groups excluding carboxylic acids is 3. The third-order valence-electron chi connectivity index (χ3n) is 5.72. The Bertz CT molecular complexity index is 834. The standard InChI is InChI=1S/C21H27N3O3S/c1-11(2)15(17(25)22-12-9-10-12)23-18(26)16-21(3,4)28-20-14-8-6-5-7-13(14)19(27)24(16)20/h5-8,11-12,15-16,20H,9-10H2,1-4H3,(H,22,25)(H,23,26)/t15-,16+,20+/m0/s1. The van der Waals surface area contributed by atoms with Crippen molar-refractivity contribution in [2.75, 3.05) is 0 Å². The summed E-state index contributed by atoms with van der Waals surface area (Å²) in [5.41, 5.74) is 1.63. The second-order valence-corrected chi connectivity index (χ2v) is 10.5. The molecule has 0 aromatic heterocycles. The number of fused-ring (bicyclic) bond motifs is 3. The Hall–Kier alpha value is -2.02. The third kappa shape index (κ3) is 3.19. The fraction of sp³-hybridized carbons (Fsp3) is 0.571. The van der Waals surface area contributed by atoms with Crippen molar-refractivity contribution >= 4 is 29.5 Å². The highest BCUT2D eigenvalue weighted by atomic mass is 32.2. The van der Waals surface area contributed by atoms with E-state index in [1.165, 1.54) is 0 Å². The van der Waals surface area contributed by atoms with E-state index in [4.69, 9.17) is 0 Å². The summed E-state index contributed by atoms with van der Waals surface area (Å²) in [7, 11) is 0. The molecule has 0 unspecified atom stereocenters. The zero-order valence-corrected chi connectivity index (χ0v) is 17.5. The predicted molar refractivity (Wildman–Crippen MR) is 109 cm³/mol. The van der Waals surface area contributed by atoms with Crippen molar-refractivity contribution in [3.8, 4) is 0 Å². The van der Waals surface area contributed by atoms with E-state index in [1.54, 1.807) is 16.7 Å². The van der Waals surface area contributed by atoms with Gasteiger partial charge in [-0.05, 0) is 44.2 Å². The third-order valence-corrected chi connectivity index (χ3v) is 7.25. The van der Waals surface area contributed by atoms with Crippen molar-refractivity contribution in [2.45, 2.75) is 68.8 Å². The number of thioether (sulfide) groups is 1. The van der Waals surface area contributed by atoms with Gasteiger partial charge in [0.2, 0.25) is 11.8 Å². The number of nitrogens with zero attached hydrogens (tertiary/aromatic N) is 1. The van der Waals surface area contributed by atoms with E-state index >= 15 is 0 Å². The first-order valence-electron chi connectivity index (χ1n) is 9.91. The largest absolute Gasteiger partial charge is 0.352 e. The summed E-state index contributed by atoms with van der Waals surface area (Å²) in [4.78, 5) is 40.7. The molecule has 0 bridgehead atoms. The fourth-order valence-corrected chi connectivity index (χ4v) is 5.68. The van der Waals surface area contributed by atoms with Crippen molar-refractivity contribution in [1.82, 2.24) is 15.5 Å². The van der Waals surface area contributed by atoms with Crippen LogP contribution in [-0.2, 0) is 9.59 Å². The van der Waals surface area contributed by atoms with E-state index in [-0.39, 0.29) is 35.1 Å². The van der Waals surface area contributed by atoms with Crippen molar-refractivity contribution < 1.29 is 14.4 Å². The highest BCUT2D eigenvalue weighted by Crippen LogP contribution is 2.56. The lowest BCUT2D eigenvalue weighted by Gasteiger charge is -2.32. The van der Waals surface area contributed by atoms with Crippen LogP contribution in [0.25, 0.3) is 0 Å². The summed E-state index contributed by atoms with van der Waals surface area (Å²) in [6.45, 7) is 7.83. The number of rotatable bonds is 5. The highest BCUT2D eigenvalue weighted by molar-refractivity contribution is 8.01. The Morgan fingerprint density at radius 1 is 1.21 bits per heavy atom. The van der Waals surface area contributed by atoms with Gasteiger partial charge >= 0.3 is 0 Å². The average Bonchev–Trinajstić information content (AvgIpc) is 3.34. The molecule has 1 saturated carbocycles. The summed E-state index contributed by atoms with van der Waals surface area (Å²) >= 11 is 1.63. The maximum atomic E-state index is 13.3. The van der Waals surface area contributed by atoms with Crippen molar-refractivity contribution in [2.24, 2.45) is 5.92 Å². The summed E-state index contributed by atoms with van der Waals surface area (Å²) in [6.07, 6.45) is 2.00. The molecule has 3 atom stereocenters. The quantitative estimate of drug-likeness (QED) is 0.794. The second kappa shape index (κ2) is 6.79. The number of hydrogen-bond donors (Lipinski definition) is 2. The second-order valence-electron chi connectivity index (χ2n) is 8.79. The van der Waals surface area contributed by atoms with Gasteiger partial charge in [-0.1, -0.05) is 32.0 Å². The molecule has 1 saturated heterocycles. The molecule has 0 radical (unpaired) electrons. The first-order chi connectivity index (χ1) is 13.2. The molecule has 3 aliphatic rings. The number of carbonyl (C=O) groups is 3. The molecule has 1 aromatic rings. The summed E-state index contributed by atoms with van der Waals surface area (Å²) in [5.74, 6) is -0.544. The number of amides is 3. The Kier molecular flexibility index (Phi) is 4.68. The molecule has 2 fully saturated rings. The zero-order valence-electron chi connectivity index (χ0n) is 16.7. The van der Waals surface area contributed by atoms with Crippen LogP contribution >= 0.6 is 11.8 Å². The first-order valence-corrected chi connectivity index (χ1v) is 10.8. The minimum atomic E-state index is -0.627. The van der Waals surface area contributed by atoms with Crippen molar-refractivity contribution in [3.05, 3.63) is 35.4 Å². The van der Waals surface area contributed by atoms with Crippen LogP contribution in [0.2, 0.25) is 0 Å². The minimum Gasteiger partial charge on any atom is -0.352 e. The van der Waals surface area contributed by atoms with Crippen LogP contribution in [0.4, 0.5) is 0 Å². The SMILES string of the molecule is CC(C)[C@H](NC(=O)[C@H]1N2C(=O)c3ccccc3[C@H]2SC1(C)C)C(=O)NC1CC1. The van der Waals surface area contributed by atoms with Gasteiger partial charge in [-0.2, -0.15) is 0 Å². The lowest BCUT2D eigenvalue weighted by molar-refractivity contribution is -0.132. The molecule has 3 amide bonds. The molecule has 7 heteroatoms. The number of hydrogen-bond acceptors (Lipinski definition) is 4. The summed E-state index contributed by atoms with van der Waals surface area (Å²) in [5, 5.41) is 5.77. The van der Waals surface area contributed by atoms with E-state index < -0.39 is 16.8 Å². The Morgan fingerprint density at radius 3 is 2.54 bits per heavy atom. The lowest BCUT2D eigenvalue weighted by atomic mass is 9.98. The van der Waals surface area contributed by atoms with Gasteiger partial charge in [0.05, 0.1) is 0 Å². The predicted octanol–water partition coefficient (Wildman–Crippen LogP) is 2.45. The first kappa shape index (κ1) is 19.3. The highest BCUT2D eigenvalue weighted by Gasteiger charge is 2.57. The van der Waals surface area contributed by atoms with Crippen LogP contribution in [0.5, 0.6) is 0 Å². The topological polar surface area (TPSA) is 78.5 Å². The minimum absolute atomic E-state index is 0.0397. The molecule has 2 aliphatic heterocycles. The maximum Gasteiger partial charge on any atom is 0.256 e. The van der Waals surface area contributed by atoms with E-state index in [9.17, 15) is 14.4 Å². The molecule has 28 heavy (non-hydrogen) atoms. The molecular weight excluding hydrogens is 374 g/mol. The van der Waals surface area contributed by atoms with E-state index in [2.05, 4.69) is 10.6 Å². The molecular formula is C21H27N3O3S. The smallest absolute Gasteiger partial charge is 0.256 e. The normalized spacial score (nSPS) is 26.0.